The van der Waals surface area contributed by atoms with E-state index in [0.717, 1.165) is 77.8 Å². The van der Waals surface area contributed by atoms with Crippen LogP contribution in [0.3, 0.4) is 0 Å². The number of carbonyl (C=O) groups excluding carboxylic acids is 1. The number of nitrogens with two attached hydrogens (primary N) is 1. The Morgan fingerprint density at radius 3 is 2.78 bits per heavy atom. The summed E-state index contributed by atoms with van der Waals surface area (Å²) in [5.74, 6) is 0.534. The zero-order valence-corrected chi connectivity index (χ0v) is 20.5. The quantitative estimate of drug-likeness (QED) is 0.269. The number of pyridine rings is 1. The van der Waals surface area contributed by atoms with Crippen molar-refractivity contribution in [1.82, 2.24) is 19.6 Å². The number of imidazole rings is 1. The van der Waals surface area contributed by atoms with Crippen LogP contribution in [-0.2, 0) is 11.3 Å². The number of aliphatic imine (C=N–C) groups is 1. The summed E-state index contributed by atoms with van der Waals surface area (Å²) in [5.41, 5.74) is 13.6. The number of aromatic nitrogens is 2. The van der Waals surface area contributed by atoms with Crippen LogP contribution in [0.2, 0.25) is 0 Å². The highest BCUT2D eigenvalue weighted by molar-refractivity contribution is 5.99. The highest BCUT2D eigenvalue weighted by Gasteiger charge is 2.19. The van der Waals surface area contributed by atoms with Gasteiger partial charge in [-0.2, -0.15) is 0 Å². The van der Waals surface area contributed by atoms with Crippen LogP contribution >= 0.6 is 0 Å². The number of anilines is 2. The summed E-state index contributed by atoms with van der Waals surface area (Å²) < 4.78 is 7.44. The van der Waals surface area contributed by atoms with Crippen molar-refractivity contribution in [3.8, 4) is 11.3 Å². The monoisotopic (exact) mass is 495 g/mol. The molecule has 4 aromatic rings. The number of amidine groups is 1. The molecule has 1 amide bonds. The van der Waals surface area contributed by atoms with E-state index in [0.29, 0.717) is 18.9 Å². The summed E-state index contributed by atoms with van der Waals surface area (Å²) in [5, 5.41) is 6.35. The smallest absolute Gasteiger partial charge is 0.251 e. The van der Waals surface area contributed by atoms with Gasteiger partial charge in [0.15, 0.2) is 5.65 Å². The summed E-state index contributed by atoms with van der Waals surface area (Å²) in [6, 6.07) is 18.0. The fourth-order valence-corrected chi connectivity index (χ4v) is 4.85. The second-order valence-electron chi connectivity index (χ2n) is 9.23. The molecule has 2 aliphatic rings. The van der Waals surface area contributed by atoms with E-state index in [9.17, 15) is 4.79 Å². The molecule has 1 saturated heterocycles. The maximum atomic E-state index is 11.9. The van der Waals surface area contributed by atoms with Gasteiger partial charge in [-0.25, -0.2) is 4.98 Å². The van der Waals surface area contributed by atoms with Gasteiger partial charge in [0.2, 0.25) is 0 Å². The van der Waals surface area contributed by atoms with Crippen molar-refractivity contribution in [2.75, 3.05) is 44.7 Å². The molecule has 0 radical (unpaired) electrons. The molecular weight excluding hydrogens is 466 g/mol. The van der Waals surface area contributed by atoms with E-state index >= 15 is 0 Å². The molecule has 4 heterocycles. The minimum absolute atomic E-state index is 0.0130. The Bertz CT molecular complexity index is 1470. The predicted octanol–water partition coefficient (Wildman–Crippen LogP) is 3.03. The van der Waals surface area contributed by atoms with E-state index in [4.69, 9.17) is 10.5 Å². The highest BCUT2D eigenvalue weighted by atomic mass is 16.5. The number of morpholine rings is 1. The van der Waals surface area contributed by atoms with E-state index in [2.05, 4.69) is 42.0 Å². The van der Waals surface area contributed by atoms with E-state index in [1.807, 2.05) is 48.7 Å². The molecule has 37 heavy (non-hydrogen) atoms. The molecule has 6 rings (SSSR count). The summed E-state index contributed by atoms with van der Waals surface area (Å²) >= 11 is 0. The van der Waals surface area contributed by atoms with Crippen LogP contribution in [0, 0.1) is 0 Å². The van der Waals surface area contributed by atoms with Crippen LogP contribution in [0.4, 0.5) is 11.4 Å². The maximum absolute atomic E-state index is 11.9. The molecule has 1 fully saturated rings. The molecule has 0 aliphatic carbocycles. The number of amides is 1. The average molecular weight is 496 g/mol. The Hall–Kier alpha value is -4.21. The van der Waals surface area contributed by atoms with Crippen LogP contribution in [0.15, 0.2) is 72.0 Å². The Labute approximate surface area is 215 Å². The number of benzene rings is 2. The third-order valence-corrected chi connectivity index (χ3v) is 6.90. The van der Waals surface area contributed by atoms with Gasteiger partial charge < -0.3 is 21.1 Å². The van der Waals surface area contributed by atoms with Crippen molar-refractivity contribution in [3.05, 3.63) is 83.7 Å². The lowest BCUT2D eigenvalue weighted by Crippen LogP contribution is -2.38. The lowest BCUT2D eigenvalue weighted by atomic mass is 10.0. The van der Waals surface area contributed by atoms with E-state index in [1.165, 1.54) is 0 Å². The molecule has 0 spiro atoms. The summed E-state index contributed by atoms with van der Waals surface area (Å²) in [7, 11) is 0. The number of ether oxygens (including phenoxy) is 1. The lowest BCUT2D eigenvalue weighted by Gasteiger charge is -2.25. The molecule has 9 heteroatoms. The van der Waals surface area contributed by atoms with E-state index in [-0.39, 0.29) is 5.91 Å². The van der Waals surface area contributed by atoms with Crippen LogP contribution < -0.4 is 16.4 Å². The fraction of sp³-hybridized carbons (Fsp3) is 0.250. The number of fused-ring (bicyclic) bond motifs is 2. The fourth-order valence-electron chi connectivity index (χ4n) is 4.85. The number of nitrogens with zero attached hydrogens (tertiary/aromatic N) is 4. The summed E-state index contributed by atoms with van der Waals surface area (Å²) in [6.45, 7) is 5.60. The van der Waals surface area contributed by atoms with Crippen LogP contribution in [0.5, 0.6) is 0 Å². The topological polar surface area (TPSA) is 109 Å². The van der Waals surface area contributed by atoms with Gasteiger partial charge in [-0.05, 0) is 59.7 Å². The first kappa shape index (κ1) is 23.2. The molecule has 0 unspecified atom stereocenters. The lowest BCUT2D eigenvalue weighted by molar-refractivity contribution is 0.0394. The molecule has 0 atom stereocenters. The molecule has 9 nitrogen and oxygen atoms in total. The number of rotatable bonds is 7. The van der Waals surface area contributed by atoms with Crippen LogP contribution in [-0.4, -0.2) is 65.4 Å². The minimum Gasteiger partial charge on any atom is -0.384 e. The van der Waals surface area contributed by atoms with Crippen molar-refractivity contribution in [3.63, 3.8) is 0 Å². The zero-order chi connectivity index (χ0) is 25.2. The molecule has 2 aliphatic heterocycles. The molecule has 4 N–H and O–H groups in total. The molecular formula is C28H29N7O2. The summed E-state index contributed by atoms with van der Waals surface area (Å²) in [4.78, 5) is 23.4. The first-order valence-electron chi connectivity index (χ1n) is 12.5. The second-order valence-corrected chi connectivity index (χ2v) is 9.23. The normalized spacial score (nSPS) is 16.1. The maximum Gasteiger partial charge on any atom is 0.251 e. The van der Waals surface area contributed by atoms with Gasteiger partial charge in [0.25, 0.3) is 5.91 Å². The van der Waals surface area contributed by atoms with Gasteiger partial charge in [0.05, 0.1) is 31.1 Å². The predicted molar refractivity (Wildman–Crippen MR) is 144 cm³/mol. The van der Waals surface area contributed by atoms with Crippen molar-refractivity contribution in [2.24, 2.45) is 10.7 Å². The Balaban J connectivity index is 1.17. The average Bonchev–Trinajstić information content (AvgIpc) is 3.57. The second kappa shape index (κ2) is 10.0. The van der Waals surface area contributed by atoms with Crippen molar-refractivity contribution in [1.29, 1.82) is 0 Å². The van der Waals surface area contributed by atoms with Crippen molar-refractivity contribution < 1.29 is 9.53 Å². The van der Waals surface area contributed by atoms with Gasteiger partial charge in [-0.15, -0.1) is 0 Å². The zero-order valence-electron chi connectivity index (χ0n) is 20.5. The Kier molecular flexibility index (Phi) is 6.30. The number of hydrogen-bond donors (Lipinski definition) is 3. The van der Waals surface area contributed by atoms with Gasteiger partial charge >= 0.3 is 0 Å². The van der Waals surface area contributed by atoms with E-state index < -0.39 is 0 Å². The van der Waals surface area contributed by atoms with Crippen LogP contribution in [0.25, 0.3) is 16.9 Å². The third-order valence-electron chi connectivity index (χ3n) is 6.90. The first-order chi connectivity index (χ1) is 18.2. The molecule has 2 aromatic carbocycles. The standard InChI is InChI=1S/C28H29N7O2/c29-26(30-9-11-34-13-15-37-16-14-34)19-1-4-22(5-2-19)33-24-7-8-25(35-12-10-31-27(24)35)20-3-6-23-21(17-20)18-32-28(23)36/h1-8,10,12,17,33H,9,11,13-16,18H2,(H2,29,30)(H,32,36). The van der Waals surface area contributed by atoms with E-state index in [1.54, 1.807) is 6.20 Å². The number of hydrogen-bond acceptors (Lipinski definition) is 6. The third kappa shape index (κ3) is 4.78. The molecule has 0 bridgehead atoms. The van der Waals surface area contributed by atoms with Crippen molar-refractivity contribution in [2.45, 2.75) is 6.54 Å². The SMILES string of the molecule is NC(=NCCN1CCOCC1)c1ccc(Nc2ccc(-c3ccc4c(c3)CNC4=O)n3ccnc23)cc1. The van der Waals surface area contributed by atoms with Crippen molar-refractivity contribution >= 4 is 28.8 Å². The number of nitrogens with one attached hydrogen (secondary N) is 2. The van der Waals surface area contributed by atoms with Gasteiger partial charge in [-0.1, -0.05) is 6.07 Å². The number of carbonyl (C=O) groups is 1. The first-order valence-corrected chi connectivity index (χ1v) is 12.5. The summed E-state index contributed by atoms with van der Waals surface area (Å²) in [6.07, 6.45) is 3.74. The van der Waals surface area contributed by atoms with Gasteiger partial charge in [0.1, 0.15) is 5.84 Å². The Morgan fingerprint density at radius 1 is 1.11 bits per heavy atom. The van der Waals surface area contributed by atoms with Gasteiger partial charge in [-0.3, -0.25) is 19.1 Å². The molecule has 188 valence electrons. The van der Waals surface area contributed by atoms with Gasteiger partial charge in [0, 0.05) is 55.4 Å². The van der Waals surface area contributed by atoms with Crippen LogP contribution in [0.1, 0.15) is 21.5 Å². The molecule has 0 saturated carbocycles. The minimum atomic E-state index is -0.0130. The Morgan fingerprint density at radius 2 is 1.95 bits per heavy atom. The highest BCUT2D eigenvalue weighted by Crippen LogP contribution is 2.29. The molecule has 2 aromatic heterocycles. The largest absolute Gasteiger partial charge is 0.384 e.